The summed E-state index contributed by atoms with van der Waals surface area (Å²) in [6, 6.07) is 16.0. The zero-order valence-corrected chi connectivity index (χ0v) is 11.0. The van der Waals surface area contributed by atoms with E-state index < -0.39 is 5.97 Å². The van der Waals surface area contributed by atoms with E-state index in [1.807, 2.05) is 35.2 Å². The quantitative estimate of drug-likeness (QED) is 0.877. The van der Waals surface area contributed by atoms with Crippen LogP contribution in [0, 0.1) is 5.82 Å². The first-order chi connectivity index (χ1) is 9.66. The number of hydrogen-bond acceptors (Lipinski definition) is 2. The van der Waals surface area contributed by atoms with Gasteiger partial charge < -0.3 is 10.0 Å². The van der Waals surface area contributed by atoms with Crippen LogP contribution in [0.1, 0.15) is 12.0 Å². The molecule has 3 nitrogen and oxygen atoms in total. The Morgan fingerprint density at radius 2 is 1.70 bits per heavy atom. The summed E-state index contributed by atoms with van der Waals surface area (Å²) in [5.41, 5.74) is 1.44. The van der Waals surface area contributed by atoms with Crippen molar-refractivity contribution >= 4 is 11.7 Å². The Morgan fingerprint density at radius 1 is 1.05 bits per heavy atom. The molecule has 0 aliphatic carbocycles. The SMILES string of the molecule is O=C(O)CCN(Cc1ccccc1F)c1ccccc1. The fraction of sp³-hybridized carbons (Fsp3) is 0.188. The van der Waals surface area contributed by atoms with E-state index in [4.69, 9.17) is 5.11 Å². The molecule has 0 heterocycles. The smallest absolute Gasteiger partial charge is 0.305 e. The van der Waals surface area contributed by atoms with Crippen molar-refractivity contribution in [3.05, 3.63) is 66.0 Å². The topological polar surface area (TPSA) is 40.5 Å². The lowest BCUT2D eigenvalue weighted by Crippen LogP contribution is -2.26. The molecular weight excluding hydrogens is 257 g/mol. The number of rotatable bonds is 6. The van der Waals surface area contributed by atoms with Crippen LogP contribution in [0.4, 0.5) is 10.1 Å². The molecule has 0 amide bonds. The normalized spacial score (nSPS) is 10.2. The van der Waals surface area contributed by atoms with Gasteiger partial charge in [0.05, 0.1) is 6.42 Å². The number of aliphatic carboxylic acids is 1. The van der Waals surface area contributed by atoms with E-state index in [0.29, 0.717) is 18.7 Å². The zero-order valence-electron chi connectivity index (χ0n) is 11.0. The summed E-state index contributed by atoms with van der Waals surface area (Å²) in [7, 11) is 0. The van der Waals surface area contributed by atoms with Gasteiger partial charge in [-0.1, -0.05) is 36.4 Å². The van der Waals surface area contributed by atoms with Gasteiger partial charge in [0.2, 0.25) is 0 Å². The Hall–Kier alpha value is -2.36. The molecule has 2 aromatic rings. The molecule has 0 spiro atoms. The lowest BCUT2D eigenvalue weighted by Gasteiger charge is -2.24. The number of carboxylic acids is 1. The highest BCUT2D eigenvalue weighted by atomic mass is 19.1. The van der Waals surface area contributed by atoms with Gasteiger partial charge in [-0.2, -0.15) is 0 Å². The Morgan fingerprint density at radius 3 is 2.35 bits per heavy atom. The van der Waals surface area contributed by atoms with E-state index in [0.717, 1.165) is 5.69 Å². The number of carboxylic acid groups (broad SMARTS) is 1. The van der Waals surface area contributed by atoms with Gasteiger partial charge in [0.25, 0.3) is 0 Å². The second-order valence-electron chi connectivity index (χ2n) is 4.49. The molecule has 0 radical (unpaired) electrons. The van der Waals surface area contributed by atoms with Crippen LogP contribution in [-0.4, -0.2) is 17.6 Å². The molecule has 0 aliphatic rings. The Kier molecular flexibility index (Phi) is 4.71. The van der Waals surface area contributed by atoms with Gasteiger partial charge in [-0.05, 0) is 18.2 Å². The molecule has 4 heteroatoms. The summed E-state index contributed by atoms with van der Waals surface area (Å²) in [6.07, 6.45) is 0.0172. The maximum atomic E-state index is 13.7. The van der Waals surface area contributed by atoms with Crippen LogP contribution in [0.2, 0.25) is 0 Å². The number of hydrogen-bond donors (Lipinski definition) is 1. The molecule has 0 aromatic heterocycles. The summed E-state index contributed by atoms with van der Waals surface area (Å²) < 4.78 is 13.7. The summed E-state index contributed by atoms with van der Waals surface area (Å²) in [4.78, 5) is 12.6. The third-order valence-electron chi connectivity index (χ3n) is 3.04. The van der Waals surface area contributed by atoms with Crippen LogP contribution >= 0.6 is 0 Å². The molecule has 20 heavy (non-hydrogen) atoms. The summed E-state index contributed by atoms with van der Waals surface area (Å²) in [5, 5.41) is 8.83. The number of nitrogens with zero attached hydrogens (tertiary/aromatic N) is 1. The minimum absolute atomic E-state index is 0.0172. The van der Waals surface area contributed by atoms with Crippen molar-refractivity contribution in [1.29, 1.82) is 0 Å². The fourth-order valence-electron chi connectivity index (χ4n) is 2.00. The van der Waals surface area contributed by atoms with Crippen LogP contribution in [0.25, 0.3) is 0 Å². The van der Waals surface area contributed by atoms with Crippen molar-refractivity contribution < 1.29 is 14.3 Å². The van der Waals surface area contributed by atoms with Crippen LogP contribution in [0.15, 0.2) is 54.6 Å². The largest absolute Gasteiger partial charge is 0.481 e. The van der Waals surface area contributed by atoms with Gasteiger partial charge in [-0.15, -0.1) is 0 Å². The summed E-state index contributed by atoms with van der Waals surface area (Å²) in [6.45, 7) is 0.692. The van der Waals surface area contributed by atoms with Crippen LogP contribution in [0.3, 0.4) is 0 Å². The first-order valence-electron chi connectivity index (χ1n) is 6.42. The van der Waals surface area contributed by atoms with Crippen molar-refractivity contribution in [2.24, 2.45) is 0 Å². The molecule has 2 aromatic carbocycles. The average Bonchev–Trinajstić information content (AvgIpc) is 2.46. The highest BCUT2D eigenvalue weighted by Crippen LogP contribution is 2.18. The van der Waals surface area contributed by atoms with E-state index in [2.05, 4.69) is 0 Å². The number of para-hydroxylation sites is 1. The van der Waals surface area contributed by atoms with Gasteiger partial charge in [-0.3, -0.25) is 4.79 Å². The molecule has 0 aliphatic heterocycles. The predicted molar refractivity (Wildman–Crippen MR) is 76.1 cm³/mol. The number of halogens is 1. The zero-order chi connectivity index (χ0) is 14.4. The third-order valence-corrected chi connectivity index (χ3v) is 3.04. The number of benzene rings is 2. The third kappa shape index (κ3) is 3.82. The van der Waals surface area contributed by atoms with E-state index in [-0.39, 0.29) is 12.2 Å². The molecule has 0 saturated carbocycles. The fourth-order valence-corrected chi connectivity index (χ4v) is 2.00. The second-order valence-corrected chi connectivity index (χ2v) is 4.49. The Labute approximate surface area is 117 Å². The molecule has 0 bridgehead atoms. The van der Waals surface area contributed by atoms with Gasteiger partial charge in [0.1, 0.15) is 5.82 Å². The molecule has 0 saturated heterocycles. The standard InChI is InChI=1S/C16H16FNO2/c17-15-9-5-4-6-13(15)12-18(11-10-16(19)20)14-7-2-1-3-8-14/h1-9H,10-12H2,(H,19,20). The molecular formula is C16H16FNO2. The molecule has 0 fully saturated rings. The average molecular weight is 273 g/mol. The van der Waals surface area contributed by atoms with Crippen molar-refractivity contribution in [3.63, 3.8) is 0 Å². The monoisotopic (exact) mass is 273 g/mol. The van der Waals surface area contributed by atoms with Crippen LogP contribution in [-0.2, 0) is 11.3 Å². The molecule has 0 unspecified atom stereocenters. The van der Waals surface area contributed by atoms with Crippen LogP contribution in [0.5, 0.6) is 0 Å². The van der Waals surface area contributed by atoms with Gasteiger partial charge >= 0.3 is 5.97 Å². The van der Waals surface area contributed by atoms with Crippen molar-refractivity contribution in [2.45, 2.75) is 13.0 Å². The summed E-state index contributed by atoms with van der Waals surface area (Å²) in [5.74, 6) is -1.14. The van der Waals surface area contributed by atoms with E-state index >= 15 is 0 Å². The van der Waals surface area contributed by atoms with Crippen molar-refractivity contribution in [1.82, 2.24) is 0 Å². The molecule has 2 rings (SSSR count). The minimum atomic E-state index is -0.862. The van der Waals surface area contributed by atoms with Gasteiger partial charge in [-0.25, -0.2) is 4.39 Å². The molecule has 0 atom stereocenters. The number of anilines is 1. The van der Waals surface area contributed by atoms with Gasteiger partial charge in [0, 0.05) is 24.3 Å². The summed E-state index contributed by atoms with van der Waals surface area (Å²) >= 11 is 0. The van der Waals surface area contributed by atoms with Crippen molar-refractivity contribution in [2.75, 3.05) is 11.4 Å². The maximum absolute atomic E-state index is 13.7. The maximum Gasteiger partial charge on any atom is 0.305 e. The lowest BCUT2D eigenvalue weighted by atomic mass is 10.1. The highest BCUT2D eigenvalue weighted by molar-refractivity contribution is 5.67. The first-order valence-corrected chi connectivity index (χ1v) is 6.42. The highest BCUT2D eigenvalue weighted by Gasteiger charge is 2.11. The van der Waals surface area contributed by atoms with Crippen LogP contribution < -0.4 is 4.90 Å². The lowest BCUT2D eigenvalue weighted by molar-refractivity contribution is -0.136. The Balaban J connectivity index is 2.18. The first kappa shape index (κ1) is 14.1. The second kappa shape index (κ2) is 6.70. The minimum Gasteiger partial charge on any atom is -0.481 e. The van der Waals surface area contributed by atoms with E-state index in [1.54, 1.807) is 18.2 Å². The predicted octanol–water partition coefficient (Wildman–Crippen LogP) is 3.31. The van der Waals surface area contributed by atoms with E-state index in [1.165, 1.54) is 6.07 Å². The van der Waals surface area contributed by atoms with Gasteiger partial charge in [0.15, 0.2) is 0 Å². The molecule has 1 N–H and O–H groups in total. The van der Waals surface area contributed by atoms with Crippen molar-refractivity contribution in [3.8, 4) is 0 Å². The molecule has 104 valence electrons. The Bertz CT molecular complexity index is 572. The van der Waals surface area contributed by atoms with E-state index in [9.17, 15) is 9.18 Å². The number of carbonyl (C=O) groups is 1.